The molecular formula is C20H19F3N2O2. The number of halogens is 3. The highest BCUT2D eigenvalue weighted by molar-refractivity contribution is 6.00. The zero-order chi connectivity index (χ0) is 19.6. The van der Waals surface area contributed by atoms with E-state index in [1.54, 1.807) is 0 Å². The summed E-state index contributed by atoms with van der Waals surface area (Å²) in [5, 5.41) is 2.81. The third-order valence-electron chi connectivity index (χ3n) is 4.70. The molecule has 1 heterocycles. The number of carbonyl (C=O) groups is 2. The zero-order valence-electron chi connectivity index (χ0n) is 14.7. The summed E-state index contributed by atoms with van der Waals surface area (Å²) in [6.45, 7) is 2.36. The summed E-state index contributed by atoms with van der Waals surface area (Å²) in [5.41, 5.74) is 1.36. The van der Waals surface area contributed by atoms with Crippen LogP contribution < -0.4 is 10.2 Å². The van der Waals surface area contributed by atoms with Crippen molar-refractivity contribution in [3.05, 3.63) is 65.2 Å². The first-order valence-corrected chi connectivity index (χ1v) is 8.55. The molecule has 0 bridgehead atoms. The van der Waals surface area contributed by atoms with E-state index < -0.39 is 17.7 Å². The molecule has 1 atom stereocenters. The number of nitrogens with one attached hydrogen (secondary N) is 1. The molecule has 27 heavy (non-hydrogen) atoms. The number of benzene rings is 2. The van der Waals surface area contributed by atoms with E-state index in [2.05, 4.69) is 5.32 Å². The summed E-state index contributed by atoms with van der Waals surface area (Å²) in [4.78, 5) is 25.9. The van der Waals surface area contributed by atoms with Crippen molar-refractivity contribution in [2.45, 2.75) is 26.1 Å². The summed E-state index contributed by atoms with van der Waals surface area (Å²) in [6.07, 6.45) is -4.50. The minimum absolute atomic E-state index is 0.0180. The van der Waals surface area contributed by atoms with E-state index in [1.807, 2.05) is 31.2 Å². The van der Waals surface area contributed by atoms with Crippen molar-refractivity contribution >= 4 is 17.5 Å². The van der Waals surface area contributed by atoms with Gasteiger partial charge < -0.3 is 10.2 Å². The molecule has 1 saturated heterocycles. The fraction of sp³-hybridized carbons (Fsp3) is 0.300. The molecule has 1 fully saturated rings. The van der Waals surface area contributed by atoms with Crippen molar-refractivity contribution in [3.8, 4) is 0 Å². The van der Waals surface area contributed by atoms with E-state index in [0.29, 0.717) is 6.54 Å². The van der Waals surface area contributed by atoms with E-state index >= 15 is 0 Å². The topological polar surface area (TPSA) is 49.4 Å². The van der Waals surface area contributed by atoms with Crippen molar-refractivity contribution in [2.75, 3.05) is 11.4 Å². The Hall–Kier alpha value is -2.83. The zero-order valence-corrected chi connectivity index (χ0v) is 14.7. The molecule has 0 unspecified atom stereocenters. The first kappa shape index (κ1) is 18.9. The van der Waals surface area contributed by atoms with Gasteiger partial charge in [0, 0.05) is 25.2 Å². The van der Waals surface area contributed by atoms with Crippen molar-refractivity contribution in [1.82, 2.24) is 5.32 Å². The average Bonchev–Trinajstić information content (AvgIpc) is 3.02. The Morgan fingerprint density at radius 3 is 2.63 bits per heavy atom. The summed E-state index contributed by atoms with van der Waals surface area (Å²) in [7, 11) is 0. The Labute approximate surface area is 155 Å². The van der Waals surface area contributed by atoms with E-state index in [4.69, 9.17) is 0 Å². The lowest BCUT2D eigenvalue weighted by molar-refractivity contribution is -0.137. The van der Waals surface area contributed by atoms with Gasteiger partial charge in [-0.15, -0.1) is 0 Å². The fourth-order valence-electron chi connectivity index (χ4n) is 3.12. The molecule has 4 nitrogen and oxygen atoms in total. The van der Waals surface area contributed by atoms with Crippen LogP contribution >= 0.6 is 0 Å². The number of hydrogen-bond acceptors (Lipinski definition) is 2. The predicted octanol–water partition coefficient (Wildman–Crippen LogP) is 3.68. The van der Waals surface area contributed by atoms with Crippen molar-refractivity contribution in [1.29, 1.82) is 0 Å². The number of amides is 2. The molecule has 2 aromatic carbocycles. The quantitative estimate of drug-likeness (QED) is 0.885. The van der Waals surface area contributed by atoms with Crippen LogP contribution in [-0.2, 0) is 22.3 Å². The maximum atomic E-state index is 12.9. The Bertz CT molecular complexity index is 864. The largest absolute Gasteiger partial charge is 0.416 e. The molecule has 0 aromatic heterocycles. The van der Waals surface area contributed by atoms with Crippen molar-refractivity contribution in [2.24, 2.45) is 5.92 Å². The molecule has 1 aliphatic heterocycles. The van der Waals surface area contributed by atoms with E-state index in [0.717, 1.165) is 23.3 Å². The molecule has 2 amide bonds. The van der Waals surface area contributed by atoms with Crippen molar-refractivity contribution < 1.29 is 22.8 Å². The second kappa shape index (κ2) is 7.42. The van der Waals surface area contributed by atoms with Crippen LogP contribution in [0.25, 0.3) is 0 Å². The summed E-state index contributed by atoms with van der Waals surface area (Å²) in [5.74, 6) is -1.22. The SMILES string of the molecule is Cc1ccccc1CNC(=O)[C@@H]1CC(=O)N(c2cccc(C(F)(F)F)c2)C1. The molecular weight excluding hydrogens is 357 g/mol. The maximum absolute atomic E-state index is 12.9. The van der Waals surface area contributed by atoms with E-state index in [9.17, 15) is 22.8 Å². The molecule has 3 rings (SSSR count). The number of rotatable bonds is 4. The summed E-state index contributed by atoms with van der Waals surface area (Å²) in [6, 6.07) is 12.2. The Balaban J connectivity index is 1.67. The standard InChI is InChI=1S/C20H19F3N2O2/c1-13-5-2-3-6-14(13)11-24-19(27)15-9-18(26)25(12-15)17-8-4-7-16(10-17)20(21,22)23/h2-8,10,15H,9,11-12H2,1H3,(H,24,27)/t15-/m1/s1. The fourth-order valence-corrected chi connectivity index (χ4v) is 3.12. The monoisotopic (exact) mass is 376 g/mol. The van der Waals surface area contributed by atoms with Gasteiger partial charge in [-0.2, -0.15) is 13.2 Å². The number of alkyl halides is 3. The Kier molecular flexibility index (Phi) is 5.21. The number of nitrogens with zero attached hydrogens (tertiary/aromatic N) is 1. The van der Waals surface area contributed by atoms with Crippen LogP contribution in [0.3, 0.4) is 0 Å². The van der Waals surface area contributed by atoms with Crippen LogP contribution in [0.2, 0.25) is 0 Å². The second-order valence-electron chi connectivity index (χ2n) is 6.60. The van der Waals surface area contributed by atoms with Gasteiger partial charge in [-0.05, 0) is 36.2 Å². The molecule has 0 saturated carbocycles. The number of anilines is 1. The number of carbonyl (C=O) groups excluding carboxylic acids is 2. The third-order valence-corrected chi connectivity index (χ3v) is 4.70. The van der Waals surface area contributed by atoms with Gasteiger partial charge in [-0.3, -0.25) is 9.59 Å². The minimum atomic E-state index is -4.48. The van der Waals surface area contributed by atoms with Crippen LogP contribution in [0.15, 0.2) is 48.5 Å². The molecule has 1 N–H and O–H groups in total. The first-order chi connectivity index (χ1) is 12.8. The Morgan fingerprint density at radius 2 is 1.93 bits per heavy atom. The van der Waals surface area contributed by atoms with Gasteiger partial charge in [0.15, 0.2) is 0 Å². The van der Waals surface area contributed by atoms with E-state index in [1.165, 1.54) is 17.0 Å². The summed E-state index contributed by atoms with van der Waals surface area (Å²) >= 11 is 0. The van der Waals surface area contributed by atoms with Gasteiger partial charge in [-0.25, -0.2) is 0 Å². The Morgan fingerprint density at radius 1 is 1.19 bits per heavy atom. The minimum Gasteiger partial charge on any atom is -0.352 e. The molecule has 0 radical (unpaired) electrons. The second-order valence-corrected chi connectivity index (χ2v) is 6.60. The van der Waals surface area contributed by atoms with Crippen LogP contribution in [0.4, 0.5) is 18.9 Å². The van der Waals surface area contributed by atoms with Crippen LogP contribution in [0.5, 0.6) is 0 Å². The number of aryl methyl sites for hydroxylation is 1. The highest BCUT2D eigenvalue weighted by atomic mass is 19.4. The first-order valence-electron chi connectivity index (χ1n) is 8.55. The third kappa shape index (κ3) is 4.30. The van der Waals surface area contributed by atoms with Gasteiger partial charge in [-0.1, -0.05) is 30.3 Å². The lowest BCUT2D eigenvalue weighted by Gasteiger charge is -2.18. The van der Waals surface area contributed by atoms with Crippen molar-refractivity contribution in [3.63, 3.8) is 0 Å². The molecule has 0 aliphatic carbocycles. The van der Waals surface area contributed by atoms with Crippen LogP contribution in [0, 0.1) is 12.8 Å². The smallest absolute Gasteiger partial charge is 0.352 e. The average molecular weight is 376 g/mol. The molecule has 1 aliphatic rings. The van der Waals surface area contributed by atoms with Crippen LogP contribution in [0.1, 0.15) is 23.1 Å². The highest BCUT2D eigenvalue weighted by Crippen LogP contribution is 2.33. The van der Waals surface area contributed by atoms with Gasteiger partial charge in [0.1, 0.15) is 0 Å². The molecule has 142 valence electrons. The number of hydrogen-bond donors (Lipinski definition) is 1. The summed E-state index contributed by atoms with van der Waals surface area (Å²) < 4.78 is 38.7. The lowest BCUT2D eigenvalue weighted by atomic mass is 10.1. The van der Waals surface area contributed by atoms with E-state index in [-0.39, 0.29) is 30.5 Å². The highest BCUT2D eigenvalue weighted by Gasteiger charge is 2.36. The van der Waals surface area contributed by atoms with Gasteiger partial charge >= 0.3 is 6.18 Å². The van der Waals surface area contributed by atoms with Gasteiger partial charge in [0.25, 0.3) is 0 Å². The van der Waals surface area contributed by atoms with Gasteiger partial charge in [0.05, 0.1) is 11.5 Å². The molecule has 0 spiro atoms. The maximum Gasteiger partial charge on any atom is 0.416 e. The molecule has 7 heteroatoms. The lowest BCUT2D eigenvalue weighted by Crippen LogP contribution is -2.32. The predicted molar refractivity (Wildman–Crippen MR) is 94.9 cm³/mol. The normalized spacial score (nSPS) is 17.3. The molecule has 2 aromatic rings. The van der Waals surface area contributed by atoms with Crippen LogP contribution in [-0.4, -0.2) is 18.4 Å². The van der Waals surface area contributed by atoms with Gasteiger partial charge in [0.2, 0.25) is 11.8 Å².